The number of carbonyl (C=O) groups is 1. The molecule has 2 heterocycles. The third-order valence-electron chi connectivity index (χ3n) is 3.09. The number of carboxylic acid groups (broad SMARTS) is 1. The minimum atomic E-state index is -0.922. The largest absolute Gasteiger partial charge is 0.478 e. The molecule has 0 bridgehead atoms. The second-order valence-electron chi connectivity index (χ2n) is 4.33. The molecular formula is C14H12N2O2S. The first-order valence-corrected chi connectivity index (χ1v) is 6.87. The molecule has 1 aromatic carbocycles. The molecule has 0 saturated heterocycles. The molecule has 3 aromatic rings. The van der Waals surface area contributed by atoms with Crippen molar-refractivity contribution >= 4 is 28.3 Å². The van der Waals surface area contributed by atoms with E-state index in [1.807, 2.05) is 6.07 Å². The van der Waals surface area contributed by atoms with Crippen LogP contribution in [-0.2, 0) is 13.0 Å². The summed E-state index contributed by atoms with van der Waals surface area (Å²) in [6.45, 7) is 0.847. The number of imidazole rings is 1. The van der Waals surface area contributed by atoms with Crippen molar-refractivity contribution in [3.63, 3.8) is 0 Å². The van der Waals surface area contributed by atoms with Crippen molar-refractivity contribution < 1.29 is 9.90 Å². The second-order valence-corrected chi connectivity index (χ2v) is 5.11. The van der Waals surface area contributed by atoms with Gasteiger partial charge in [0.1, 0.15) is 0 Å². The van der Waals surface area contributed by atoms with Gasteiger partial charge in [0.2, 0.25) is 0 Å². The van der Waals surface area contributed by atoms with E-state index in [2.05, 4.69) is 26.4 Å². The Hall–Kier alpha value is -2.14. The molecule has 4 nitrogen and oxygen atoms in total. The summed E-state index contributed by atoms with van der Waals surface area (Å²) in [6, 6.07) is 7.16. The fraction of sp³-hybridized carbons (Fsp3) is 0.143. The zero-order valence-electron chi connectivity index (χ0n) is 10.1. The Kier molecular flexibility index (Phi) is 3.05. The van der Waals surface area contributed by atoms with Gasteiger partial charge in [0.25, 0.3) is 0 Å². The molecule has 0 unspecified atom stereocenters. The maximum atomic E-state index is 10.9. The Bertz CT molecular complexity index is 716. The van der Waals surface area contributed by atoms with E-state index in [0.29, 0.717) is 0 Å². The maximum Gasteiger partial charge on any atom is 0.335 e. The van der Waals surface area contributed by atoms with E-state index in [9.17, 15) is 4.79 Å². The molecule has 0 amide bonds. The highest BCUT2D eigenvalue weighted by Crippen LogP contribution is 2.16. The van der Waals surface area contributed by atoms with Crippen LogP contribution >= 0.6 is 11.3 Å². The minimum Gasteiger partial charge on any atom is -0.478 e. The van der Waals surface area contributed by atoms with Gasteiger partial charge in [-0.2, -0.15) is 11.3 Å². The number of hydrogen-bond donors (Lipinski definition) is 1. The topological polar surface area (TPSA) is 55.1 Å². The Balaban J connectivity index is 1.86. The number of fused-ring (bicyclic) bond motifs is 1. The molecule has 0 radical (unpaired) electrons. The number of aromatic nitrogens is 2. The predicted octanol–water partition coefficient (Wildman–Crippen LogP) is 3.04. The van der Waals surface area contributed by atoms with Crippen molar-refractivity contribution in [2.75, 3.05) is 0 Å². The molecule has 0 aliphatic rings. The van der Waals surface area contributed by atoms with Crippen molar-refractivity contribution in [3.05, 3.63) is 52.5 Å². The van der Waals surface area contributed by atoms with Crippen molar-refractivity contribution in [2.45, 2.75) is 13.0 Å². The lowest BCUT2D eigenvalue weighted by atomic mass is 10.2. The maximum absolute atomic E-state index is 10.9. The number of aryl methyl sites for hydroxylation is 2. The zero-order valence-corrected chi connectivity index (χ0v) is 10.9. The van der Waals surface area contributed by atoms with Gasteiger partial charge in [-0.05, 0) is 47.0 Å². The smallest absolute Gasteiger partial charge is 0.335 e. The van der Waals surface area contributed by atoms with E-state index in [1.165, 1.54) is 5.56 Å². The highest BCUT2D eigenvalue weighted by molar-refractivity contribution is 7.07. The molecule has 5 heteroatoms. The summed E-state index contributed by atoms with van der Waals surface area (Å²) in [7, 11) is 0. The first-order chi connectivity index (χ1) is 9.24. The molecule has 0 aliphatic carbocycles. The minimum absolute atomic E-state index is 0.274. The SMILES string of the molecule is O=C(O)c1ccc2c(c1)ncn2CCc1ccsc1. The number of benzene rings is 1. The van der Waals surface area contributed by atoms with E-state index in [1.54, 1.807) is 29.8 Å². The summed E-state index contributed by atoms with van der Waals surface area (Å²) < 4.78 is 2.05. The van der Waals surface area contributed by atoms with Crippen LogP contribution in [0.15, 0.2) is 41.4 Å². The normalized spacial score (nSPS) is 10.9. The van der Waals surface area contributed by atoms with Gasteiger partial charge in [-0.1, -0.05) is 0 Å². The Labute approximate surface area is 113 Å². The van der Waals surface area contributed by atoms with Crippen LogP contribution in [0.2, 0.25) is 0 Å². The number of carboxylic acids is 1. The van der Waals surface area contributed by atoms with Gasteiger partial charge in [0, 0.05) is 6.54 Å². The monoisotopic (exact) mass is 272 g/mol. The summed E-state index contributed by atoms with van der Waals surface area (Å²) >= 11 is 1.70. The quantitative estimate of drug-likeness (QED) is 0.794. The fourth-order valence-corrected chi connectivity index (χ4v) is 2.76. The van der Waals surface area contributed by atoms with Gasteiger partial charge in [-0.25, -0.2) is 9.78 Å². The average molecular weight is 272 g/mol. The molecule has 19 heavy (non-hydrogen) atoms. The molecule has 0 spiro atoms. The van der Waals surface area contributed by atoms with Crippen molar-refractivity contribution in [2.24, 2.45) is 0 Å². The van der Waals surface area contributed by atoms with Crippen LogP contribution < -0.4 is 0 Å². The molecule has 0 aliphatic heterocycles. The molecule has 3 rings (SSSR count). The lowest BCUT2D eigenvalue weighted by molar-refractivity contribution is 0.0697. The number of thiophene rings is 1. The van der Waals surface area contributed by atoms with Gasteiger partial charge in [-0.3, -0.25) is 0 Å². The Morgan fingerprint density at radius 2 is 2.26 bits per heavy atom. The van der Waals surface area contributed by atoms with Crippen LogP contribution in [0.3, 0.4) is 0 Å². The lowest BCUT2D eigenvalue weighted by Gasteiger charge is -2.03. The molecule has 96 valence electrons. The second kappa shape index (κ2) is 4.85. The summed E-state index contributed by atoms with van der Waals surface area (Å²) in [6.07, 6.45) is 2.72. The van der Waals surface area contributed by atoms with Crippen molar-refractivity contribution in [3.8, 4) is 0 Å². The number of nitrogens with zero attached hydrogens (tertiary/aromatic N) is 2. The number of rotatable bonds is 4. The fourth-order valence-electron chi connectivity index (χ4n) is 2.06. The molecule has 2 aromatic heterocycles. The van der Waals surface area contributed by atoms with E-state index in [0.717, 1.165) is 24.0 Å². The van der Waals surface area contributed by atoms with E-state index < -0.39 is 5.97 Å². The lowest BCUT2D eigenvalue weighted by Crippen LogP contribution is -2.00. The molecule has 0 atom stereocenters. The first-order valence-electron chi connectivity index (χ1n) is 5.93. The van der Waals surface area contributed by atoms with Crippen LogP contribution in [0.1, 0.15) is 15.9 Å². The van der Waals surface area contributed by atoms with Gasteiger partial charge in [0.15, 0.2) is 0 Å². The summed E-state index contributed by atoms with van der Waals surface area (Å²) in [5, 5.41) is 13.2. The third kappa shape index (κ3) is 2.37. The van der Waals surface area contributed by atoms with E-state index >= 15 is 0 Å². The number of aromatic carboxylic acids is 1. The summed E-state index contributed by atoms with van der Waals surface area (Å²) in [5.41, 5.74) is 3.29. The van der Waals surface area contributed by atoms with Crippen molar-refractivity contribution in [1.82, 2.24) is 9.55 Å². The molecular weight excluding hydrogens is 260 g/mol. The Morgan fingerprint density at radius 3 is 3.00 bits per heavy atom. The number of hydrogen-bond acceptors (Lipinski definition) is 3. The first kappa shape index (κ1) is 11.9. The standard InChI is InChI=1S/C14H12N2O2S/c17-14(18)11-1-2-13-12(7-11)15-9-16(13)5-3-10-4-6-19-8-10/h1-2,4,6-9H,3,5H2,(H,17,18). The van der Waals surface area contributed by atoms with E-state index in [4.69, 9.17) is 5.11 Å². The van der Waals surface area contributed by atoms with Gasteiger partial charge >= 0.3 is 5.97 Å². The summed E-state index contributed by atoms with van der Waals surface area (Å²) in [4.78, 5) is 15.2. The Morgan fingerprint density at radius 1 is 1.37 bits per heavy atom. The molecule has 0 saturated carbocycles. The third-order valence-corrected chi connectivity index (χ3v) is 3.82. The zero-order chi connectivity index (χ0) is 13.2. The van der Waals surface area contributed by atoms with E-state index in [-0.39, 0.29) is 5.56 Å². The van der Waals surface area contributed by atoms with Crippen LogP contribution in [0.4, 0.5) is 0 Å². The van der Waals surface area contributed by atoms with Gasteiger partial charge in [-0.15, -0.1) is 0 Å². The summed E-state index contributed by atoms with van der Waals surface area (Å²) in [5.74, 6) is -0.922. The average Bonchev–Trinajstić information content (AvgIpc) is 3.05. The van der Waals surface area contributed by atoms with Crippen LogP contribution in [0.25, 0.3) is 11.0 Å². The highest BCUT2D eigenvalue weighted by atomic mass is 32.1. The van der Waals surface area contributed by atoms with Crippen LogP contribution in [0.5, 0.6) is 0 Å². The molecule has 0 fully saturated rings. The van der Waals surface area contributed by atoms with Gasteiger partial charge < -0.3 is 9.67 Å². The van der Waals surface area contributed by atoms with Crippen LogP contribution in [-0.4, -0.2) is 20.6 Å². The van der Waals surface area contributed by atoms with Gasteiger partial charge in [0.05, 0.1) is 22.9 Å². The highest BCUT2D eigenvalue weighted by Gasteiger charge is 2.07. The molecule has 1 N–H and O–H groups in total. The van der Waals surface area contributed by atoms with Crippen molar-refractivity contribution in [1.29, 1.82) is 0 Å². The predicted molar refractivity (Wildman–Crippen MR) is 74.7 cm³/mol. The van der Waals surface area contributed by atoms with Crippen LogP contribution in [0, 0.1) is 0 Å².